The highest BCUT2D eigenvalue weighted by Gasteiger charge is 2.06. The second-order valence-electron chi connectivity index (χ2n) is 4.64. The second-order valence-corrected chi connectivity index (χ2v) is 5.39. The maximum absolute atomic E-state index is 5.14. The number of aromatic nitrogens is 2. The van der Waals surface area contributed by atoms with Crippen molar-refractivity contribution >= 4 is 22.4 Å². The molecule has 0 radical (unpaired) electrons. The van der Waals surface area contributed by atoms with Crippen molar-refractivity contribution in [3.8, 4) is 17.1 Å². The molecule has 0 spiro atoms. The Labute approximate surface area is 127 Å². The molecule has 5 heteroatoms. The molecule has 106 valence electrons. The predicted molar refractivity (Wildman–Crippen MR) is 86.4 cm³/mol. The number of nitrogens with zero attached hydrogens (tertiary/aromatic N) is 2. The number of benzene rings is 2. The summed E-state index contributed by atoms with van der Waals surface area (Å²) >= 11 is 1.35. The van der Waals surface area contributed by atoms with Crippen LogP contribution in [0.5, 0.6) is 5.75 Å². The molecule has 0 aliphatic heterocycles. The van der Waals surface area contributed by atoms with E-state index in [1.807, 2.05) is 36.4 Å². The Morgan fingerprint density at radius 3 is 2.38 bits per heavy atom. The van der Waals surface area contributed by atoms with Crippen LogP contribution in [-0.2, 0) is 0 Å². The summed E-state index contributed by atoms with van der Waals surface area (Å²) in [6.07, 6.45) is 0. The number of aryl methyl sites for hydroxylation is 1. The van der Waals surface area contributed by atoms with Crippen molar-refractivity contribution in [3.63, 3.8) is 0 Å². The van der Waals surface area contributed by atoms with Crippen LogP contribution in [0.4, 0.5) is 10.8 Å². The zero-order chi connectivity index (χ0) is 14.7. The van der Waals surface area contributed by atoms with E-state index in [1.165, 1.54) is 17.1 Å². The summed E-state index contributed by atoms with van der Waals surface area (Å²) in [6.45, 7) is 2.06. The van der Waals surface area contributed by atoms with E-state index >= 15 is 0 Å². The number of hydrogen-bond donors (Lipinski definition) is 1. The topological polar surface area (TPSA) is 47.0 Å². The molecule has 0 aliphatic rings. The second kappa shape index (κ2) is 5.93. The molecule has 0 bridgehead atoms. The Bertz CT molecular complexity index is 720. The molecule has 3 rings (SSSR count). The van der Waals surface area contributed by atoms with Gasteiger partial charge in [-0.25, -0.2) is 0 Å². The van der Waals surface area contributed by atoms with Crippen molar-refractivity contribution < 1.29 is 4.74 Å². The molecular formula is C16H15N3OS. The minimum Gasteiger partial charge on any atom is -0.497 e. The lowest BCUT2D eigenvalue weighted by atomic mass is 10.1. The smallest absolute Gasteiger partial charge is 0.207 e. The number of nitrogens with one attached hydrogen (secondary N) is 1. The molecule has 0 saturated heterocycles. The normalized spacial score (nSPS) is 10.4. The molecule has 0 atom stereocenters. The quantitative estimate of drug-likeness (QED) is 0.781. The van der Waals surface area contributed by atoms with Crippen LogP contribution in [0.3, 0.4) is 0 Å². The van der Waals surface area contributed by atoms with Crippen LogP contribution in [0.1, 0.15) is 5.56 Å². The molecule has 1 N–H and O–H groups in total. The first-order valence-electron chi connectivity index (χ1n) is 6.56. The molecule has 0 saturated carbocycles. The first kappa shape index (κ1) is 13.6. The van der Waals surface area contributed by atoms with E-state index in [4.69, 9.17) is 4.74 Å². The largest absolute Gasteiger partial charge is 0.497 e. The summed E-state index contributed by atoms with van der Waals surface area (Å²) < 4.78 is 9.53. The SMILES string of the molecule is COc1ccc(Nc2nc(-c3ccc(C)cc3)ns2)cc1. The predicted octanol–water partition coefficient (Wildman–Crippen LogP) is 4.27. The lowest BCUT2D eigenvalue weighted by Gasteiger charge is -2.03. The molecule has 1 aromatic heterocycles. The van der Waals surface area contributed by atoms with Gasteiger partial charge in [0.15, 0.2) is 5.82 Å². The van der Waals surface area contributed by atoms with E-state index in [0.717, 1.165) is 28.0 Å². The zero-order valence-corrected chi connectivity index (χ0v) is 12.6. The zero-order valence-electron chi connectivity index (χ0n) is 11.8. The van der Waals surface area contributed by atoms with Gasteiger partial charge in [0.05, 0.1) is 7.11 Å². The van der Waals surface area contributed by atoms with Crippen LogP contribution < -0.4 is 10.1 Å². The van der Waals surface area contributed by atoms with E-state index in [-0.39, 0.29) is 0 Å². The summed E-state index contributed by atoms with van der Waals surface area (Å²) in [7, 11) is 1.65. The van der Waals surface area contributed by atoms with E-state index < -0.39 is 0 Å². The number of anilines is 2. The highest BCUT2D eigenvalue weighted by molar-refractivity contribution is 7.09. The summed E-state index contributed by atoms with van der Waals surface area (Å²) in [5.41, 5.74) is 3.22. The fourth-order valence-corrected chi connectivity index (χ4v) is 2.50. The average Bonchev–Trinajstić information content (AvgIpc) is 2.97. The van der Waals surface area contributed by atoms with Gasteiger partial charge in [0.2, 0.25) is 5.13 Å². The molecule has 4 nitrogen and oxygen atoms in total. The first-order chi connectivity index (χ1) is 10.2. The minimum atomic E-state index is 0.746. The third-order valence-corrected chi connectivity index (χ3v) is 3.71. The van der Waals surface area contributed by atoms with Crippen molar-refractivity contribution in [2.45, 2.75) is 6.92 Å². The van der Waals surface area contributed by atoms with Crippen LogP contribution in [0.15, 0.2) is 48.5 Å². The lowest BCUT2D eigenvalue weighted by molar-refractivity contribution is 0.415. The number of ether oxygens (including phenoxy) is 1. The minimum absolute atomic E-state index is 0.746. The molecule has 0 fully saturated rings. The summed E-state index contributed by atoms with van der Waals surface area (Å²) in [5.74, 6) is 1.58. The summed E-state index contributed by atoms with van der Waals surface area (Å²) in [5, 5.41) is 4.02. The third kappa shape index (κ3) is 3.20. The monoisotopic (exact) mass is 297 g/mol. The van der Waals surface area contributed by atoms with E-state index in [1.54, 1.807) is 7.11 Å². The molecule has 21 heavy (non-hydrogen) atoms. The number of hydrogen-bond acceptors (Lipinski definition) is 5. The molecular weight excluding hydrogens is 282 g/mol. The third-order valence-electron chi connectivity index (χ3n) is 3.08. The molecule has 3 aromatic rings. The first-order valence-corrected chi connectivity index (χ1v) is 7.34. The highest BCUT2D eigenvalue weighted by Crippen LogP contribution is 2.25. The van der Waals surface area contributed by atoms with Gasteiger partial charge in [0, 0.05) is 22.8 Å². The standard InChI is InChI=1S/C16H15N3OS/c1-11-3-5-12(6-4-11)15-18-16(21-19-15)17-13-7-9-14(20-2)10-8-13/h3-10H,1-2H3,(H,17,18,19). The van der Waals surface area contributed by atoms with Crippen LogP contribution in [0.25, 0.3) is 11.4 Å². The van der Waals surface area contributed by atoms with Gasteiger partial charge in [-0.15, -0.1) is 0 Å². The van der Waals surface area contributed by atoms with Crippen LogP contribution in [0, 0.1) is 6.92 Å². The Kier molecular flexibility index (Phi) is 3.83. The Morgan fingerprint density at radius 1 is 1.00 bits per heavy atom. The van der Waals surface area contributed by atoms with Gasteiger partial charge in [-0.05, 0) is 31.2 Å². The fraction of sp³-hybridized carbons (Fsp3) is 0.125. The van der Waals surface area contributed by atoms with Crippen molar-refractivity contribution in [2.75, 3.05) is 12.4 Å². The van der Waals surface area contributed by atoms with E-state index in [2.05, 4.69) is 33.7 Å². The van der Waals surface area contributed by atoms with Gasteiger partial charge >= 0.3 is 0 Å². The van der Waals surface area contributed by atoms with Gasteiger partial charge in [0.1, 0.15) is 5.75 Å². The fourth-order valence-electron chi connectivity index (χ4n) is 1.89. The number of rotatable bonds is 4. The molecule has 0 aliphatic carbocycles. The molecule has 0 unspecified atom stereocenters. The molecule has 0 amide bonds. The van der Waals surface area contributed by atoms with Crippen LogP contribution in [0.2, 0.25) is 0 Å². The molecule has 1 heterocycles. The highest BCUT2D eigenvalue weighted by atomic mass is 32.1. The van der Waals surface area contributed by atoms with Crippen LogP contribution >= 0.6 is 11.5 Å². The van der Waals surface area contributed by atoms with Gasteiger partial charge in [-0.2, -0.15) is 9.36 Å². The molecule has 2 aromatic carbocycles. The Balaban J connectivity index is 1.76. The lowest BCUT2D eigenvalue weighted by Crippen LogP contribution is -1.90. The summed E-state index contributed by atoms with van der Waals surface area (Å²) in [4.78, 5) is 4.51. The van der Waals surface area contributed by atoms with Gasteiger partial charge in [-0.1, -0.05) is 29.8 Å². The average molecular weight is 297 g/mol. The van der Waals surface area contributed by atoms with Crippen molar-refractivity contribution in [1.82, 2.24) is 9.36 Å². The van der Waals surface area contributed by atoms with Gasteiger partial charge < -0.3 is 10.1 Å². The Morgan fingerprint density at radius 2 is 1.71 bits per heavy atom. The van der Waals surface area contributed by atoms with Gasteiger partial charge in [-0.3, -0.25) is 0 Å². The Hall–Kier alpha value is -2.40. The van der Waals surface area contributed by atoms with Crippen molar-refractivity contribution in [1.29, 1.82) is 0 Å². The van der Waals surface area contributed by atoms with Gasteiger partial charge in [0.25, 0.3) is 0 Å². The number of methoxy groups -OCH3 is 1. The maximum Gasteiger partial charge on any atom is 0.207 e. The van der Waals surface area contributed by atoms with E-state index in [9.17, 15) is 0 Å². The summed E-state index contributed by atoms with van der Waals surface area (Å²) in [6, 6.07) is 15.9. The van der Waals surface area contributed by atoms with Crippen molar-refractivity contribution in [3.05, 3.63) is 54.1 Å². The van der Waals surface area contributed by atoms with Crippen LogP contribution in [-0.4, -0.2) is 16.5 Å². The maximum atomic E-state index is 5.14. The van der Waals surface area contributed by atoms with E-state index in [0.29, 0.717) is 0 Å². The van der Waals surface area contributed by atoms with Crippen molar-refractivity contribution in [2.24, 2.45) is 0 Å².